The molecule has 0 aromatic heterocycles. The van der Waals surface area contributed by atoms with Gasteiger partial charge in [-0.05, 0) is 48.3 Å². The lowest BCUT2D eigenvalue weighted by Gasteiger charge is -2.46. The topological polar surface area (TPSA) is 113 Å². The Morgan fingerprint density at radius 1 is 1.10 bits per heavy atom. The summed E-state index contributed by atoms with van der Waals surface area (Å²) in [6.45, 7) is 5.73. The second kappa shape index (κ2) is 9.71. The fourth-order valence-electron chi connectivity index (χ4n) is 5.22. The van der Waals surface area contributed by atoms with Gasteiger partial charge < -0.3 is 21.1 Å². The lowest BCUT2D eigenvalue weighted by Crippen LogP contribution is -2.54. The van der Waals surface area contributed by atoms with E-state index in [1.165, 1.54) is 5.56 Å². The Labute approximate surface area is 184 Å². The first-order valence-corrected chi connectivity index (χ1v) is 11.3. The highest BCUT2D eigenvalue weighted by atomic mass is 16.3. The van der Waals surface area contributed by atoms with Crippen molar-refractivity contribution in [1.82, 2.24) is 10.2 Å². The number of piperidine rings is 1. The maximum Gasteiger partial charge on any atom is 0.227 e. The van der Waals surface area contributed by atoms with Crippen LogP contribution in [0.2, 0.25) is 0 Å². The molecule has 1 aromatic carbocycles. The maximum atomic E-state index is 13.5. The van der Waals surface area contributed by atoms with Crippen molar-refractivity contribution in [3.05, 3.63) is 29.8 Å². The van der Waals surface area contributed by atoms with Crippen LogP contribution in [-0.4, -0.2) is 46.9 Å². The van der Waals surface area contributed by atoms with Crippen molar-refractivity contribution in [2.45, 2.75) is 70.8 Å². The van der Waals surface area contributed by atoms with Gasteiger partial charge in [-0.1, -0.05) is 38.8 Å². The highest BCUT2D eigenvalue weighted by molar-refractivity contribution is 5.84. The van der Waals surface area contributed by atoms with Crippen LogP contribution in [0.4, 0.5) is 0 Å². The summed E-state index contributed by atoms with van der Waals surface area (Å²) in [6, 6.07) is 7.20. The van der Waals surface area contributed by atoms with E-state index >= 15 is 0 Å². The van der Waals surface area contributed by atoms with Crippen molar-refractivity contribution in [3.8, 4) is 5.75 Å². The Hall–Kier alpha value is -2.57. The normalized spacial score (nSPS) is 25.6. The van der Waals surface area contributed by atoms with Crippen LogP contribution in [0.3, 0.4) is 0 Å². The SMILES string of the molecule is CC1(C)CN(C(=O)C2CCCCC2NC(=O)CCC(N)=O)CCC1c1ccc(O)cc1. The van der Waals surface area contributed by atoms with Gasteiger partial charge in [0.1, 0.15) is 5.75 Å². The Bertz CT molecular complexity index is 806. The predicted molar refractivity (Wildman–Crippen MR) is 118 cm³/mol. The molecule has 2 fully saturated rings. The Morgan fingerprint density at radius 2 is 1.77 bits per heavy atom. The number of carbonyl (C=O) groups is 3. The molecule has 3 atom stereocenters. The number of nitrogens with two attached hydrogens (primary N) is 1. The fraction of sp³-hybridized carbons (Fsp3) is 0.625. The number of benzene rings is 1. The van der Waals surface area contributed by atoms with E-state index in [4.69, 9.17) is 5.73 Å². The Kier molecular flexibility index (Phi) is 7.23. The van der Waals surface area contributed by atoms with Crippen LogP contribution < -0.4 is 11.1 Å². The van der Waals surface area contributed by atoms with Crippen LogP contribution >= 0.6 is 0 Å². The van der Waals surface area contributed by atoms with Crippen molar-refractivity contribution < 1.29 is 19.5 Å². The van der Waals surface area contributed by atoms with Crippen molar-refractivity contribution in [2.24, 2.45) is 17.1 Å². The van der Waals surface area contributed by atoms with Crippen molar-refractivity contribution >= 4 is 17.7 Å². The van der Waals surface area contributed by atoms with Crippen molar-refractivity contribution in [2.75, 3.05) is 13.1 Å². The lowest BCUT2D eigenvalue weighted by atomic mass is 9.70. The molecule has 3 rings (SSSR count). The zero-order valence-corrected chi connectivity index (χ0v) is 18.6. The summed E-state index contributed by atoms with van der Waals surface area (Å²) in [7, 11) is 0. The van der Waals surface area contributed by atoms with Gasteiger partial charge in [-0.15, -0.1) is 0 Å². The summed E-state index contributed by atoms with van der Waals surface area (Å²) in [6.07, 6.45) is 4.49. The van der Waals surface area contributed by atoms with Gasteiger partial charge in [0.15, 0.2) is 0 Å². The number of phenolic OH excluding ortho intramolecular Hbond substituents is 1. The predicted octanol–water partition coefficient (Wildman–Crippen LogP) is 2.67. The first-order chi connectivity index (χ1) is 14.7. The zero-order chi connectivity index (χ0) is 22.6. The first kappa shape index (κ1) is 23.1. The highest BCUT2D eigenvalue weighted by Gasteiger charge is 2.41. The average Bonchev–Trinajstić information content (AvgIpc) is 2.72. The molecular formula is C24H35N3O4. The van der Waals surface area contributed by atoms with E-state index < -0.39 is 5.91 Å². The van der Waals surface area contributed by atoms with Crippen LogP contribution in [0, 0.1) is 11.3 Å². The molecule has 1 aliphatic heterocycles. The van der Waals surface area contributed by atoms with Gasteiger partial charge in [0.25, 0.3) is 0 Å². The van der Waals surface area contributed by atoms with Crippen LogP contribution in [0.25, 0.3) is 0 Å². The molecule has 31 heavy (non-hydrogen) atoms. The monoisotopic (exact) mass is 429 g/mol. The quantitative estimate of drug-likeness (QED) is 0.645. The third kappa shape index (κ3) is 5.77. The average molecular weight is 430 g/mol. The highest BCUT2D eigenvalue weighted by Crippen LogP contribution is 2.43. The largest absolute Gasteiger partial charge is 0.508 e. The molecule has 0 spiro atoms. The zero-order valence-electron chi connectivity index (χ0n) is 18.6. The lowest BCUT2D eigenvalue weighted by molar-refractivity contribution is -0.141. The van der Waals surface area contributed by atoms with Gasteiger partial charge in [0, 0.05) is 32.0 Å². The number of likely N-dealkylation sites (tertiary alicyclic amines) is 1. The van der Waals surface area contributed by atoms with E-state index in [1.54, 1.807) is 12.1 Å². The Morgan fingerprint density at radius 3 is 2.42 bits per heavy atom. The van der Waals surface area contributed by atoms with Gasteiger partial charge in [0.05, 0.1) is 5.92 Å². The van der Waals surface area contributed by atoms with Gasteiger partial charge >= 0.3 is 0 Å². The molecule has 0 bridgehead atoms. The number of amides is 3. The Balaban J connectivity index is 1.65. The molecule has 1 aromatic rings. The second-order valence-electron chi connectivity index (χ2n) is 9.71. The van der Waals surface area contributed by atoms with Crippen molar-refractivity contribution in [3.63, 3.8) is 0 Å². The standard InChI is InChI=1S/C24H35N3O4/c1-24(2)15-27(14-13-19(24)16-7-9-17(28)10-8-16)23(31)18-5-3-4-6-20(18)26-22(30)12-11-21(25)29/h7-10,18-20,28H,3-6,11-15H2,1-2H3,(H2,25,29)(H,26,30). The van der Waals surface area contributed by atoms with E-state index in [0.717, 1.165) is 32.1 Å². The molecule has 4 N–H and O–H groups in total. The first-order valence-electron chi connectivity index (χ1n) is 11.3. The molecule has 1 aliphatic carbocycles. The van der Waals surface area contributed by atoms with E-state index in [9.17, 15) is 19.5 Å². The van der Waals surface area contributed by atoms with Crippen LogP contribution in [0.15, 0.2) is 24.3 Å². The van der Waals surface area contributed by atoms with E-state index in [-0.39, 0.29) is 47.8 Å². The van der Waals surface area contributed by atoms with Gasteiger partial charge in [-0.25, -0.2) is 0 Å². The molecule has 1 saturated heterocycles. The number of carbonyl (C=O) groups excluding carboxylic acids is 3. The van der Waals surface area contributed by atoms with Crippen LogP contribution in [-0.2, 0) is 14.4 Å². The molecule has 0 radical (unpaired) electrons. The van der Waals surface area contributed by atoms with E-state index in [1.807, 2.05) is 17.0 Å². The molecule has 170 valence electrons. The van der Waals surface area contributed by atoms with Crippen molar-refractivity contribution in [1.29, 1.82) is 0 Å². The minimum absolute atomic E-state index is 0.0239. The summed E-state index contributed by atoms with van der Waals surface area (Å²) in [5, 5.41) is 12.6. The van der Waals surface area contributed by atoms with Gasteiger partial charge in [0.2, 0.25) is 17.7 Å². The molecule has 7 heteroatoms. The third-order valence-electron chi connectivity index (χ3n) is 6.86. The molecule has 7 nitrogen and oxygen atoms in total. The van der Waals surface area contributed by atoms with Gasteiger partial charge in [-0.3, -0.25) is 14.4 Å². The minimum Gasteiger partial charge on any atom is -0.508 e. The molecule has 3 unspecified atom stereocenters. The number of hydrogen-bond acceptors (Lipinski definition) is 4. The molecular weight excluding hydrogens is 394 g/mol. The summed E-state index contributed by atoms with van der Waals surface area (Å²) in [5.74, 6) is -0.229. The maximum absolute atomic E-state index is 13.5. The number of phenols is 1. The summed E-state index contributed by atoms with van der Waals surface area (Å²) in [5.41, 5.74) is 6.23. The van der Waals surface area contributed by atoms with Gasteiger partial charge in [-0.2, -0.15) is 0 Å². The smallest absolute Gasteiger partial charge is 0.227 e. The molecule has 3 amide bonds. The van der Waals surface area contributed by atoms with Crippen LogP contribution in [0.1, 0.15) is 70.3 Å². The fourth-order valence-corrected chi connectivity index (χ4v) is 5.22. The summed E-state index contributed by atoms with van der Waals surface area (Å²) >= 11 is 0. The number of nitrogens with zero attached hydrogens (tertiary/aromatic N) is 1. The minimum atomic E-state index is -0.495. The van der Waals surface area contributed by atoms with E-state index in [0.29, 0.717) is 19.0 Å². The summed E-state index contributed by atoms with van der Waals surface area (Å²) < 4.78 is 0. The third-order valence-corrected chi connectivity index (χ3v) is 6.86. The number of aromatic hydroxyl groups is 1. The van der Waals surface area contributed by atoms with E-state index in [2.05, 4.69) is 19.2 Å². The molecule has 2 aliphatic rings. The summed E-state index contributed by atoms with van der Waals surface area (Å²) in [4.78, 5) is 38.6. The number of rotatable bonds is 6. The second-order valence-corrected chi connectivity index (χ2v) is 9.71. The molecule has 1 heterocycles. The van der Waals surface area contributed by atoms with Crippen LogP contribution in [0.5, 0.6) is 5.75 Å². The molecule has 1 saturated carbocycles. The number of primary amides is 1. The number of nitrogens with one attached hydrogen (secondary N) is 1. The number of hydrogen-bond donors (Lipinski definition) is 3.